The Balaban J connectivity index is 2.16. The minimum atomic E-state index is 0.152. The molecule has 6 nitrogen and oxygen atoms in total. The molecular weight excluding hydrogens is 240 g/mol. The molecule has 94 valence electrons. The lowest BCUT2D eigenvalue weighted by Crippen LogP contribution is -2.45. The highest BCUT2D eigenvalue weighted by molar-refractivity contribution is 6.28. The van der Waals surface area contributed by atoms with Gasteiger partial charge in [0, 0.05) is 19.1 Å². The van der Waals surface area contributed by atoms with Crippen molar-refractivity contribution in [1.82, 2.24) is 19.9 Å². The molecule has 2 N–H and O–H groups in total. The van der Waals surface area contributed by atoms with Gasteiger partial charge in [-0.1, -0.05) is 0 Å². The van der Waals surface area contributed by atoms with Crippen LogP contribution in [0.3, 0.4) is 0 Å². The third kappa shape index (κ3) is 2.95. The van der Waals surface area contributed by atoms with Crippen LogP contribution in [0, 0.1) is 0 Å². The van der Waals surface area contributed by atoms with E-state index in [-0.39, 0.29) is 11.2 Å². The van der Waals surface area contributed by atoms with E-state index in [4.69, 9.17) is 17.3 Å². The van der Waals surface area contributed by atoms with Crippen molar-refractivity contribution in [2.75, 3.05) is 37.8 Å². The van der Waals surface area contributed by atoms with Crippen LogP contribution in [0.1, 0.15) is 12.8 Å². The first kappa shape index (κ1) is 12.3. The van der Waals surface area contributed by atoms with E-state index in [1.54, 1.807) is 0 Å². The number of nitrogens with two attached hydrogens (primary N) is 1. The Morgan fingerprint density at radius 1 is 1.35 bits per heavy atom. The normalized spacial score (nSPS) is 20.9. The molecule has 0 saturated carbocycles. The molecule has 0 amide bonds. The topological polar surface area (TPSA) is 71.2 Å². The van der Waals surface area contributed by atoms with Gasteiger partial charge in [0.2, 0.25) is 17.2 Å². The smallest absolute Gasteiger partial charge is 0.231 e. The molecule has 0 radical (unpaired) electrons. The number of halogens is 1. The number of aromatic nitrogens is 3. The van der Waals surface area contributed by atoms with E-state index in [1.165, 1.54) is 6.42 Å². The quantitative estimate of drug-likeness (QED) is 0.837. The van der Waals surface area contributed by atoms with Gasteiger partial charge in [0.05, 0.1) is 0 Å². The van der Waals surface area contributed by atoms with Crippen LogP contribution in [-0.2, 0) is 0 Å². The molecule has 1 aromatic heterocycles. The Kier molecular flexibility index (Phi) is 3.63. The lowest BCUT2D eigenvalue weighted by Gasteiger charge is -2.36. The molecular formula is C10H17ClN6. The summed E-state index contributed by atoms with van der Waals surface area (Å²) >= 11 is 5.79. The second kappa shape index (κ2) is 5.01. The van der Waals surface area contributed by atoms with E-state index in [9.17, 15) is 0 Å². The monoisotopic (exact) mass is 256 g/mol. The van der Waals surface area contributed by atoms with E-state index >= 15 is 0 Å². The number of hydrogen-bond donors (Lipinski definition) is 1. The standard InChI is InChI=1S/C10H17ClN6/c1-16(2)7-4-3-5-17(6-7)10-14-8(11)13-9(12)15-10/h7H,3-6H2,1-2H3,(H2,12,13,14,15). The summed E-state index contributed by atoms with van der Waals surface area (Å²) in [6.07, 6.45) is 2.31. The molecule has 0 bridgehead atoms. The van der Waals surface area contributed by atoms with Gasteiger partial charge >= 0.3 is 0 Å². The van der Waals surface area contributed by atoms with Crippen molar-refractivity contribution < 1.29 is 0 Å². The average molecular weight is 257 g/mol. The maximum atomic E-state index is 5.79. The number of anilines is 2. The maximum Gasteiger partial charge on any atom is 0.231 e. The van der Waals surface area contributed by atoms with Crippen LogP contribution in [-0.4, -0.2) is 53.1 Å². The molecule has 1 fully saturated rings. The fourth-order valence-corrected chi connectivity index (χ4v) is 2.22. The first-order chi connectivity index (χ1) is 8.06. The molecule has 0 spiro atoms. The van der Waals surface area contributed by atoms with Crippen LogP contribution in [0.4, 0.5) is 11.9 Å². The summed E-state index contributed by atoms with van der Waals surface area (Å²) in [5.74, 6) is 0.751. The van der Waals surface area contributed by atoms with Gasteiger partial charge in [-0.3, -0.25) is 0 Å². The van der Waals surface area contributed by atoms with Crippen molar-refractivity contribution in [3.8, 4) is 0 Å². The summed E-state index contributed by atoms with van der Waals surface area (Å²) in [7, 11) is 4.17. The molecule has 17 heavy (non-hydrogen) atoms. The summed E-state index contributed by atoms with van der Waals surface area (Å²) in [6, 6.07) is 0.514. The van der Waals surface area contributed by atoms with Gasteiger partial charge < -0.3 is 15.5 Å². The highest BCUT2D eigenvalue weighted by atomic mass is 35.5. The van der Waals surface area contributed by atoms with Crippen LogP contribution < -0.4 is 10.6 Å². The van der Waals surface area contributed by atoms with Crippen molar-refractivity contribution >= 4 is 23.5 Å². The molecule has 1 unspecified atom stereocenters. The first-order valence-electron chi connectivity index (χ1n) is 5.64. The van der Waals surface area contributed by atoms with Gasteiger partial charge in [-0.15, -0.1) is 0 Å². The third-order valence-corrected chi connectivity index (χ3v) is 3.19. The average Bonchev–Trinajstić information content (AvgIpc) is 2.28. The van der Waals surface area contributed by atoms with Crippen LogP contribution >= 0.6 is 11.6 Å². The Morgan fingerprint density at radius 3 is 2.76 bits per heavy atom. The molecule has 1 aliphatic heterocycles. The second-order valence-corrected chi connectivity index (χ2v) is 4.81. The maximum absolute atomic E-state index is 5.79. The molecule has 1 atom stereocenters. The molecule has 7 heteroatoms. The van der Waals surface area contributed by atoms with Crippen molar-refractivity contribution in [2.24, 2.45) is 0 Å². The molecule has 0 aromatic carbocycles. The molecule has 2 rings (SSSR count). The predicted octanol–water partition coefficient (Wildman–Crippen LogP) is 0.638. The lowest BCUT2D eigenvalue weighted by molar-refractivity contribution is 0.257. The fourth-order valence-electron chi connectivity index (χ4n) is 2.05. The number of piperidine rings is 1. The Morgan fingerprint density at radius 2 is 2.12 bits per heavy atom. The van der Waals surface area contributed by atoms with Gasteiger partial charge in [-0.2, -0.15) is 15.0 Å². The van der Waals surface area contributed by atoms with E-state index in [0.29, 0.717) is 12.0 Å². The molecule has 0 aliphatic carbocycles. The van der Waals surface area contributed by atoms with E-state index in [2.05, 4.69) is 38.8 Å². The van der Waals surface area contributed by atoms with Gasteiger partial charge in [0.1, 0.15) is 0 Å². The van der Waals surface area contributed by atoms with Crippen molar-refractivity contribution in [3.05, 3.63) is 5.28 Å². The van der Waals surface area contributed by atoms with Gasteiger partial charge in [0.25, 0.3) is 0 Å². The number of likely N-dealkylation sites (N-methyl/N-ethyl adjacent to an activating group) is 1. The SMILES string of the molecule is CN(C)C1CCCN(c2nc(N)nc(Cl)n2)C1. The number of nitrogens with zero attached hydrogens (tertiary/aromatic N) is 5. The second-order valence-electron chi connectivity index (χ2n) is 4.47. The van der Waals surface area contributed by atoms with Crippen LogP contribution in [0.2, 0.25) is 5.28 Å². The molecule has 1 saturated heterocycles. The highest BCUT2D eigenvalue weighted by Crippen LogP contribution is 2.19. The fraction of sp³-hybridized carbons (Fsp3) is 0.700. The molecule has 2 heterocycles. The molecule has 1 aliphatic rings. The minimum absolute atomic E-state index is 0.152. The van der Waals surface area contributed by atoms with Crippen LogP contribution in [0.15, 0.2) is 0 Å². The van der Waals surface area contributed by atoms with E-state index < -0.39 is 0 Å². The minimum Gasteiger partial charge on any atom is -0.368 e. The van der Waals surface area contributed by atoms with Crippen LogP contribution in [0.25, 0.3) is 0 Å². The lowest BCUT2D eigenvalue weighted by atomic mass is 10.1. The van der Waals surface area contributed by atoms with Gasteiger partial charge in [-0.25, -0.2) is 0 Å². The zero-order valence-corrected chi connectivity index (χ0v) is 10.9. The number of hydrogen-bond acceptors (Lipinski definition) is 6. The van der Waals surface area contributed by atoms with Crippen molar-refractivity contribution in [2.45, 2.75) is 18.9 Å². The number of rotatable bonds is 2. The summed E-state index contributed by atoms with van der Waals surface area (Å²) in [6.45, 7) is 1.83. The zero-order chi connectivity index (χ0) is 12.4. The summed E-state index contributed by atoms with van der Waals surface area (Å²) in [5, 5.41) is 0.152. The molecule has 1 aromatic rings. The first-order valence-corrected chi connectivity index (χ1v) is 6.02. The summed E-state index contributed by atoms with van der Waals surface area (Å²) in [4.78, 5) is 16.3. The van der Waals surface area contributed by atoms with E-state index in [1.807, 2.05) is 0 Å². The number of nitrogen functional groups attached to an aromatic ring is 1. The van der Waals surface area contributed by atoms with E-state index in [0.717, 1.165) is 19.5 Å². The van der Waals surface area contributed by atoms with Crippen molar-refractivity contribution in [1.29, 1.82) is 0 Å². The summed E-state index contributed by atoms with van der Waals surface area (Å²) in [5.41, 5.74) is 5.58. The van der Waals surface area contributed by atoms with Gasteiger partial charge in [-0.05, 0) is 38.5 Å². The Labute approximate surface area is 106 Å². The van der Waals surface area contributed by atoms with Crippen molar-refractivity contribution in [3.63, 3.8) is 0 Å². The summed E-state index contributed by atoms with van der Waals surface area (Å²) < 4.78 is 0. The van der Waals surface area contributed by atoms with Gasteiger partial charge in [0.15, 0.2) is 0 Å². The zero-order valence-electron chi connectivity index (χ0n) is 10.1. The highest BCUT2D eigenvalue weighted by Gasteiger charge is 2.23. The predicted molar refractivity (Wildman–Crippen MR) is 68.2 cm³/mol. The third-order valence-electron chi connectivity index (χ3n) is 3.02. The Hall–Kier alpha value is -1.14. The largest absolute Gasteiger partial charge is 0.368 e. The Bertz CT molecular complexity index is 376. The van der Waals surface area contributed by atoms with Crippen LogP contribution in [0.5, 0.6) is 0 Å².